The number of carbonyl (C=O) groups excluding carboxylic acids is 1. The van der Waals surface area contributed by atoms with Crippen molar-refractivity contribution in [2.75, 3.05) is 0 Å². The van der Waals surface area contributed by atoms with Crippen molar-refractivity contribution in [1.29, 1.82) is 0 Å². The van der Waals surface area contributed by atoms with Crippen LogP contribution in [0.2, 0.25) is 0 Å². The third-order valence-corrected chi connectivity index (χ3v) is 4.04. The number of fused-ring (bicyclic) bond motifs is 1. The largest absolute Gasteiger partial charge is 0.480 e. The monoisotopic (exact) mass is 295 g/mol. The van der Waals surface area contributed by atoms with Gasteiger partial charge in [-0.3, -0.25) is 4.79 Å². The molecule has 0 bridgehead atoms. The third kappa shape index (κ3) is 2.96. The van der Waals surface area contributed by atoms with Crippen molar-refractivity contribution in [3.8, 4) is 0 Å². The first-order chi connectivity index (χ1) is 9.38. The lowest BCUT2D eigenvalue weighted by Crippen LogP contribution is -2.44. The van der Waals surface area contributed by atoms with E-state index in [1.807, 2.05) is 0 Å². The average Bonchev–Trinajstić information content (AvgIpc) is 2.77. The van der Waals surface area contributed by atoms with Crippen LogP contribution in [0, 0.1) is 11.7 Å². The van der Waals surface area contributed by atoms with E-state index in [1.54, 1.807) is 26.0 Å². The first-order valence-corrected chi connectivity index (χ1v) is 6.93. The van der Waals surface area contributed by atoms with Gasteiger partial charge in [0, 0.05) is 4.70 Å². The average molecular weight is 295 g/mol. The van der Waals surface area contributed by atoms with E-state index < -0.39 is 17.9 Å². The maximum absolute atomic E-state index is 13.1. The zero-order valence-corrected chi connectivity index (χ0v) is 11.8. The van der Waals surface area contributed by atoms with Gasteiger partial charge in [0.05, 0.1) is 4.88 Å². The lowest BCUT2D eigenvalue weighted by Gasteiger charge is -2.17. The predicted octanol–water partition coefficient (Wildman–Crippen LogP) is 2.88. The van der Waals surface area contributed by atoms with E-state index in [9.17, 15) is 14.0 Å². The molecule has 0 fully saturated rings. The lowest BCUT2D eigenvalue weighted by molar-refractivity contribution is -0.140. The van der Waals surface area contributed by atoms with Gasteiger partial charge >= 0.3 is 5.97 Å². The summed E-state index contributed by atoms with van der Waals surface area (Å²) in [4.78, 5) is 23.5. The lowest BCUT2D eigenvalue weighted by atomic mass is 10.0. The van der Waals surface area contributed by atoms with Crippen molar-refractivity contribution in [2.24, 2.45) is 5.92 Å². The number of carboxylic acids is 1. The Morgan fingerprint density at radius 1 is 1.30 bits per heavy atom. The quantitative estimate of drug-likeness (QED) is 0.911. The molecule has 1 aromatic heterocycles. The second-order valence-electron chi connectivity index (χ2n) is 4.83. The molecule has 20 heavy (non-hydrogen) atoms. The molecule has 106 valence electrons. The maximum Gasteiger partial charge on any atom is 0.326 e. The van der Waals surface area contributed by atoms with Crippen LogP contribution in [0.3, 0.4) is 0 Å². The summed E-state index contributed by atoms with van der Waals surface area (Å²) in [6.45, 7) is 3.44. The summed E-state index contributed by atoms with van der Waals surface area (Å²) in [6.07, 6.45) is 0. The Balaban J connectivity index is 2.25. The Kier molecular flexibility index (Phi) is 4.04. The Morgan fingerprint density at radius 2 is 2.00 bits per heavy atom. The second kappa shape index (κ2) is 5.58. The number of carboxylic acid groups (broad SMARTS) is 1. The SMILES string of the molecule is CC(C)[C@H](NC(=O)c1cc2cc(F)ccc2s1)C(=O)O. The summed E-state index contributed by atoms with van der Waals surface area (Å²) in [7, 11) is 0. The minimum absolute atomic E-state index is 0.219. The Hall–Kier alpha value is -1.95. The van der Waals surface area contributed by atoms with Gasteiger partial charge in [-0.25, -0.2) is 9.18 Å². The van der Waals surface area contributed by atoms with Crippen LogP contribution in [0.25, 0.3) is 10.1 Å². The highest BCUT2D eigenvalue weighted by Gasteiger charge is 2.24. The van der Waals surface area contributed by atoms with Gasteiger partial charge in [0.25, 0.3) is 5.91 Å². The number of aliphatic carboxylic acids is 1. The Bertz CT molecular complexity index is 665. The van der Waals surface area contributed by atoms with Gasteiger partial charge in [-0.15, -0.1) is 11.3 Å². The van der Waals surface area contributed by atoms with Crippen LogP contribution in [0.1, 0.15) is 23.5 Å². The fourth-order valence-electron chi connectivity index (χ4n) is 1.85. The van der Waals surface area contributed by atoms with E-state index in [-0.39, 0.29) is 11.7 Å². The molecular weight excluding hydrogens is 281 g/mol. The van der Waals surface area contributed by atoms with Crippen molar-refractivity contribution < 1.29 is 19.1 Å². The van der Waals surface area contributed by atoms with Gasteiger partial charge in [-0.1, -0.05) is 13.8 Å². The Morgan fingerprint density at radius 3 is 2.60 bits per heavy atom. The first-order valence-electron chi connectivity index (χ1n) is 6.11. The summed E-state index contributed by atoms with van der Waals surface area (Å²) < 4.78 is 13.9. The fourth-order valence-corrected chi connectivity index (χ4v) is 2.80. The number of hydrogen-bond donors (Lipinski definition) is 2. The third-order valence-electron chi connectivity index (χ3n) is 2.92. The van der Waals surface area contributed by atoms with Crippen LogP contribution in [0.5, 0.6) is 0 Å². The highest BCUT2D eigenvalue weighted by atomic mass is 32.1. The zero-order chi connectivity index (χ0) is 14.9. The molecule has 0 aliphatic heterocycles. The smallest absolute Gasteiger partial charge is 0.326 e. The van der Waals surface area contributed by atoms with Crippen LogP contribution in [-0.2, 0) is 4.79 Å². The summed E-state index contributed by atoms with van der Waals surface area (Å²) in [6, 6.07) is 4.90. The van der Waals surface area contributed by atoms with Gasteiger partial charge < -0.3 is 10.4 Å². The van der Waals surface area contributed by atoms with Crippen LogP contribution < -0.4 is 5.32 Å². The first kappa shape index (κ1) is 14.5. The van der Waals surface area contributed by atoms with Crippen molar-refractivity contribution >= 4 is 33.3 Å². The van der Waals surface area contributed by atoms with Crippen LogP contribution >= 0.6 is 11.3 Å². The summed E-state index contributed by atoms with van der Waals surface area (Å²) in [5, 5.41) is 12.2. The molecule has 0 unspecified atom stereocenters. The number of thiophene rings is 1. The molecular formula is C14H14FNO3S. The molecule has 0 radical (unpaired) electrons. The predicted molar refractivity (Wildman–Crippen MR) is 75.5 cm³/mol. The Labute approximate surface area is 119 Å². The second-order valence-corrected chi connectivity index (χ2v) is 5.91. The molecule has 2 rings (SSSR count). The van der Waals surface area contributed by atoms with E-state index in [0.717, 1.165) is 4.70 Å². The van der Waals surface area contributed by atoms with Crippen molar-refractivity contribution in [3.05, 3.63) is 35.0 Å². The molecule has 1 atom stereocenters. The van der Waals surface area contributed by atoms with E-state index in [0.29, 0.717) is 10.3 Å². The molecule has 1 amide bonds. The standard InChI is InChI=1S/C14H14FNO3S/c1-7(2)12(14(18)19)16-13(17)11-6-8-5-9(15)3-4-10(8)20-11/h3-7,12H,1-2H3,(H,16,17)(H,18,19)/t12-/m0/s1. The number of amides is 1. The molecule has 0 saturated carbocycles. The molecule has 1 heterocycles. The number of benzene rings is 1. The minimum Gasteiger partial charge on any atom is -0.480 e. The van der Waals surface area contributed by atoms with Crippen molar-refractivity contribution in [2.45, 2.75) is 19.9 Å². The van der Waals surface area contributed by atoms with Crippen molar-refractivity contribution in [3.63, 3.8) is 0 Å². The molecule has 0 saturated heterocycles. The molecule has 6 heteroatoms. The van der Waals surface area contributed by atoms with Gasteiger partial charge in [0.15, 0.2) is 0 Å². The molecule has 2 aromatic rings. The topological polar surface area (TPSA) is 66.4 Å². The molecule has 2 N–H and O–H groups in total. The number of halogens is 1. The van der Waals surface area contributed by atoms with E-state index in [2.05, 4.69) is 5.32 Å². The normalized spacial score (nSPS) is 12.6. The van der Waals surface area contributed by atoms with E-state index in [1.165, 1.54) is 23.5 Å². The molecule has 0 aliphatic carbocycles. The molecule has 4 nitrogen and oxygen atoms in total. The number of hydrogen-bond acceptors (Lipinski definition) is 3. The minimum atomic E-state index is -1.07. The molecule has 0 spiro atoms. The van der Waals surface area contributed by atoms with Gasteiger partial charge in [-0.2, -0.15) is 0 Å². The van der Waals surface area contributed by atoms with Gasteiger partial charge in [0.1, 0.15) is 11.9 Å². The van der Waals surface area contributed by atoms with Crippen LogP contribution in [0.15, 0.2) is 24.3 Å². The number of nitrogens with one attached hydrogen (secondary N) is 1. The van der Waals surface area contributed by atoms with Crippen LogP contribution in [-0.4, -0.2) is 23.0 Å². The fraction of sp³-hybridized carbons (Fsp3) is 0.286. The molecule has 0 aliphatic rings. The van der Waals surface area contributed by atoms with Crippen LogP contribution in [0.4, 0.5) is 4.39 Å². The van der Waals surface area contributed by atoms with E-state index >= 15 is 0 Å². The highest BCUT2D eigenvalue weighted by molar-refractivity contribution is 7.20. The van der Waals surface area contributed by atoms with Gasteiger partial charge in [0.2, 0.25) is 0 Å². The maximum atomic E-state index is 13.1. The van der Waals surface area contributed by atoms with Crippen molar-refractivity contribution in [1.82, 2.24) is 5.32 Å². The number of rotatable bonds is 4. The summed E-state index contributed by atoms with van der Waals surface area (Å²) in [5.41, 5.74) is 0. The number of carbonyl (C=O) groups is 2. The zero-order valence-electron chi connectivity index (χ0n) is 11.0. The van der Waals surface area contributed by atoms with E-state index in [4.69, 9.17) is 5.11 Å². The highest BCUT2D eigenvalue weighted by Crippen LogP contribution is 2.26. The summed E-state index contributed by atoms with van der Waals surface area (Å²) >= 11 is 1.21. The summed E-state index contributed by atoms with van der Waals surface area (Å²) in [5.74, 6) is -2.11. The molecule has 1 aromatic carbocycles. The van der Waals surface area contributed by atoms with Gasteiger partial charge in [-0.05, 0) is 35.6 Å².